The van der Waals surface area contributed by atoms with Crippen molar-refractivity contribution in [1.29, 1.82) is 0 Å². The SMILES string of the molecule is CC(=O)NCC1CN(c2ccc(-c3ccc(C(C)NC=O)cc3)c(F)c2)C(=O)O1.CCN. The van der Waals surface area contributed by atoms with Crippen LogP contribution in [0.5, 0.6) is 0 Å². The molecule has 2 unspecified atom stereocenters. The van der Waals surface area contributed by atoms with Gasteiger partial charge in [-0.2, -0.15) is 0 Å². The molecule has 0 aliphatic carbocycles. The van der Waals surface area contributed by atoms with Gasteiger partial charge in [-0.3, -0.25) is 14.5 Å². The van der Waals surface area contributed by atoms with Crippen molar-refractivity contribution in [3.63, 3.8) is 0 Å². The molecule has 4 N–H and O–H groups in total. The summed E-state index contributed by atoms with van der Waals surface area (Å²) in [5.74, 6) is -0.676. The molecule has 0 aromatic heterocycles. The average molecular weight is 445 g/mol. The number of anilines is 1. The van der Waals surface area contributed by atoms with Crippen LogP contribution in [0.3, 0.4) is 0 Å². The van der Waals surface area contributed by atoms with Gasteiger partial charge in [-0.25, -0.2) is 9.18 Å². The summed E-state index contributed by atoms with van der Waals surface area (Å²) < 4.78 is 20.0. The summed E-state index contributed by atoms with van der Waals surface area (Å²) in [4.78, 5) is 35.0. The van der Waals surface area contributed by atoms with Crippen LogP contribution in [0.15, 0.2) is 42.5 Å². The predicted molar refractivity (Wildman–Crippen MR) is 120 cm³/mol. The van der Waals surface area contributed by atoms with Gasteiger partial charge in [-0.1, -0.05) is 31.2 Å². The molecule has 9 heteroatoms. The van der Waals surface area contributed by atoms with E-state index in [1.807, 2.05) is 26.0 Å². The summed E-state index contributed by atoms with van der Waals surface area (Å²) in [5, 5.41) is 5.27. The molecule has 32 heavy (non-hydrogen) atoms. The average Bonchev–Trinajstić information content (AvgIpc) is 3.14. The zero-order chi connectivity index (χ0) is 23.7. The first-order valence-electron chi connectivity index (χ1n) is 10.3. The van der Waals surface area contributed by atoms with Gasteiger partial charge in [-0.15, -0.1) is 0 Å². The van der Waals surface area contributed by atoms with Crippen LogP contribution in [0, 0.1) is 5.82 Å². The normalized spacial score (nSPS) is 15.8. The number of ether oxygens (including phenoxy) is 1. The van der Waals surface area contributed by atoms with Gasteiger partial charge in [0.15, 0.2) is 0 Å². The fraction of sp³-hybridized carbons (Fsp3) is 0.348. The highest BCUT2D eigenvalue weighted by Crippen LogP contribution is 2.29. The van der Waals surface area contributed by atoms with Gasteiger partial charge < -0.3 is 21.1 Å². The zero-order valence-corrected chi connectivity index (χ0v) is 18.4. The maximum absolute atomic E-state index is 14.8. The quantitative estimate of drug-likeness (QED) is 0.568. The highest BCUT2D eigenvalue weighted by Gasteiger charge is 2.32. The van der Waals surface area contributed by atoms with Crippen LogP contribution < -0.4 is 21.3 Å². The van der Waals surface area contributed by atoms with Gasteiger partial charge in [-0.05, 0) is 42.8 Å². The third kappa shape index (κ3) is 6.52. The number of halogens is 1. The molecule has 1 heterocycles. The van der Waals surface area contributed by atoms with E-state index in [0.29, 0.717) is 23.2 Å². The van der Waals surface area contributed by atoms with Crippen LogP contribution in [0.1, 0.15) is 32.4 Å². The van der Waals surface area contributed by atoms with Gasteiger partial charge >= 0.3 is 6.09 Å². The minimum absolute atomic E-state index is 0.139. The van der Waals surface area contributed by atoms with Crippen molar-refractivity contribution in [2.45, 2.75) is 32.9 Å². The minimum Gasteiger partial charge on any atom is -0.442 e. The van der Waals surface area contributed by atoms with E-state index >= 15 is 0 Å². The lowest BCUT2D eigenvalue weighted by molar-refractivity contribution is -0.119. The molecule has 8 nitrogen and oxygen atoms in total. The molecule has 0 bridgehead atoms. The predicted octanol–water partition coefficient (Wildman–Crippen LogP) is 2.73. The van der Waals surface area contributed by atoms with Crippen LogP contribution in [-0.4, -0.2) is 44.1 Å². The molecule has 2 atom stereocenters. The molecule has 0 saturated carbocycles. The van der Waals surface area contributed by atoms with Crippen LogP contribution >= 0.6 is 0 Å². The van der Waals surface area contributed by atoms with Crippen LogP contribution in [-0.2, 0) is 14.3 Å². The number of rotatable bonds is 7. The van der Waals surface area contributed by atoms with Gasteiger partial charge in [0, 0.05) is 12.5 Å². The van der Waals surface area contributed by atoms with E-state index in [4.69, 9.17) is 10.5 Å². The molecule has 3 amide bonds. The van der Waals surface area contributed by atoms with Crippen LogP contribution in [0.2, 0.25) is 0 Å². The van der Waals surface area contributed by atoms with Gasteiger partial charge in [0.2, 0.25) is 12.3 Å². The van der Waals surface area contributed by atoms with E-state index in [2.05, 4.69) is 10.6 Å². The fourth-order valence-corrected chi connectivity index (χ4v) is 3.15. The lowest BCUT2D eigenvalue weighted by Gasteiger charge is -2.15. The van der Waals surface area contributed by atoms with Crippen molar-refractivity contribution in [3.8, 4) is 11.1 Å². The number of amides is 3. The highest BCUT2D eigenvalue weighted by atomic mass is 19.1. The molecule has 1 aliphatic heterocycles. The lowest BCUT2D eigenvalue weighted by Crippen LogP contribution is -2.33. The second-order valence-electron chi connectivity index (χ2n) is 7.25. The number of cyclic esters (lactones) is 1. The first-order chi connectivity index (χ1) is 15.3. The van der Waals surface area contributed by atoms with E-state index in [1.165, 1.54) is 17.9 Å². The Bertz CT molecular complexity index is 936. The third-order valence-corrected chi connectivity index (χ3v) is 4.76. The first-order valence-corrected chi connectivity index (χ1v) is 10.3. The summed E-state index contributed by atoms with van der Waals surface area (Å²) in [5.41, 5.74) is 7.23. The lowest BCUT2D eigenvalue weighted by atomic mass is 10.0. The Balaban J connectivity index is 0.00000114. The van der Waals surface area contributed by atoms with Crippen molar-refractivity contribution in [3.05, 3.63) is 53.8 Å². The van der Waals surface area contributed by atoms with Crippen LogP contribution in [0.25, 0.3) is 11.1 Å². The van der Waals surface area contributed by atoms with Crippen molar-refractivity contribution in [1.82, 2.24) is 10.6 Å². The maximum Gasteiger partial charge on any atom is 0.414 e. The number of hydrogen-bond donors (Lipinski definition) is 3. The molecule has 1 fully saturated rings. The zero-order valence-electron chi connectivity index (χ0n) is 18.4. The van der Waals surface area contributed by atoms with E-state index in [-0.39, 0.29) is 25.0 Å². The number of carbonyl (C=O) groups is 3. The Labute approximate surface area is 186 Å². The Hall–Kier alpha value is -3.46. The second kappa shape index (κ2) is 11.8. The molecule has 2 aromatic rings. The van der Waals surface area contributed by atoms with Crippen molar-refractivity contribution in [2.24, 2.45) is 5.73 Å². The number of nitrogens with zero attached hydrogens (tertiary/aromatic N) is 1. The fourth-order valence-electron chi connectivity index (χ4n) is 3.15. The highest BCUT2D eigenvalue weighted by molar-refractivity contribution is 5.90. The topological polar surface area (TPSA) is 114 Å². The molecular formula is C23H29FN4O4. The molecule has 0 spiro atoms. The molecule has 3 rings (SSSR count). The number of nitrogens with two attached hydrogens (primary N) is 1. The smallest absolute Gasteiger partial charge is 0.414 e. The van der Waals surface area contributed by atoms with Gasteiger partial charge in [0.05, 0.1) is 24.8 Å². The minimum atomic E-state index is -0.575. The van der Waals surface area contributed by atoms with E-state index < -0.39 is 18.0 Å². The summed E-state index contributed by atoms with van der Waals surface area (Å²) >= 11 is 0. The van der Waals surface area contributed by atoms with Crippen LogP contribution in [0.4, 0.5) is 14.9 Å². The molecule has 1 aliphatic rings. The summed E-state index contributed by atoms with van der Waals surface area (Å²) in [6.07, 6.45) is -0.418. The van der Waals surface area contributed by atoms with Crippen molar-refractivity contribution in [2.75, 3.05) is 24.5 Å². The van der Waals surface area contributed by atoms with E-state index in [0.717, 1.165) is 12.1 Å². The van der Waals surface area contributed by atoms with Gasteiger partial charge in [0.1, 0.15) is 11.9 Å². The number of hydrogen-bond acceptors (Lipinski definition) is 5. The Morgan fingerprint density at radius 1 is 1.31 bits per heavy atom. The maximum atomic E-state index is 14.8. The number of benzene rings is 2. The number of carbonyl (C=O) groups excluding carboxylic acids is 3. The third-order valence-electron chi connectivity index (χ3n) is 4.76. The molecule has 2 aromatic carbocycles. The Morgan fingerprint density at radius 2 is 1.97 bits per heavy atom. The molecule has 0 radical (unpaired) electrons. The molecule has 1 saturated heterocycles. The summed E-state index contributed by atoms with van der Waals surface area (Å²) in [6.45, 7) is 6.33. The van der Waals surface area contributed by atoms with Crippen molar-refractivity contribution < 1.29 is 23.5 Å². The number of nitrogens with one attached hydrogen (secondary N) is 2. The van der Waals surface area contributed by atoms with Gasteiger partial charge in [0.25, 0.3) is 0 Å². The van der Waals surface area contributed by atoms with E-state index in [1.54, 1.807) is 24.3 Å². The standard InChI is InChI=1S/C21H22FN3O4.C2H7N/c1-13(24-12-26)15-3-5-16(6-4-15)19-8-7-17(9-20(19)22)25-11-18(29-21(25)28)10-23-14(2)27;1-2-3/h3-9,12-13,18H,10-11H2,1-2H3,(H,23,27)(H,24,26);2-3H2,1H3. The second-order valence-corrected chi connectivity index (χ2v) is 7.25. The largest absolute Gasteiger partial charge is 0.442 e. The van der Waals surface area contributed by atoms with E-state index in [9.17, 15) is 18.8 Å². The summed E-state index contributed by atoms with van der Waals surface area (Å²) in [6, 6.07) is 11.6. The molecule has 172 valence electrons. The first kappa shape index (κ1) is 24.8. The molecular weight excluding hydrogens is 415 g/mol. The monoisotopic (exact) mass is 444 g/mol. The Kier molecular flexibility index (Phi) is 9.15. The Morgan fingerprint density at radius 3 is 2.53 bits per heavy atom. The van der Waals surface area contributed by atoms with Crippen molar-refractivity contribution >= 4 is 24.1 Å². The summed E-state index contributed by atoms with van der Waals surface area (Å²) in [7, 11) is 0.